The minimum absolute atomic E-state index is 0.127. The average Bonchev–Trinajstić information content (AvgIpc) is 2.71. The van der Waals surface area contributed by atoms with Crippen molar-refractivity contribution in [2.45, 2.75) is 25.5 Å². The maximum Gasteiger partial charge on any atom is 0.223 e. The number of anilines is 1. The smallest absolute Gasteiger partial charge is 0.223 e. The van der Waals surface area contributed by atoms with Gasteiger partial charge in [-0.3, -0.25) is 4.79 Å². The molecule has 3 nitrogen and oxygen atoms in total. The Hall–Kier alpha value is -1.36. The molecule has 1 heterocycles. The van der Waals surface area contributed by atoms with Gasteiger partial charge < -0.3 is 10.2 Å². The summed E-state index contributed by atoms with van der Waals surface area (Å²) in [5, 5.41) is 4.26. The van der Waals surface area contributed by atoms with Gasteiger partial charge in [0.2, 0.25) is 5.91 Å². The monoisotopic (exact) mass is 436 g/mol. The summed E-state index contributed by atoms with van der Waals surface area (Å²) in [5.41, 5.74) is 3.67. The normalized spacial score (nSPS) is 14.9. The molecule has 1 fully saturated rings. The maximum atomic E-state index is 12.4. The topological polar surface area (TPSA) is 32.3 Å². The van der Waals surface area contributed by atoms with Crippen LogP contribution in [0, 0.1) is 12.8 Å². The highest BCUT2D eigenvalue weighted by atomic mass is 35.5. The molecule has 1 aliphatic heterocycles. The molecule has 0 aliphatic carbocycles. The van der Waals surface area contributed by atoms with Crippen molar-refractivity contribution in [3.8, 4) is 0 Å². The molecule has 0 bridgehead atoms. The number of amides is 1. The second-order valence-corrected chi connectivity index (χ2v) is 9.11. The van der Waals surface area contributed by atoms with Gasteiger partial charge in [-0.05, 0) is 49.6 Å². The SMILES string of the molecule is Cc1ccc(N2CCC(C(=O)NCCSCc3ccc(Cl)c(Cl)c3)CC2)cc1. The Morgan fingerprint density at radius 1 is 1.11 bits per heavy atom. The van der Waals surface area contributed by atoms with Crippen molar-refractivity contribution in [2.75, 3.05) is 30.3 Å². The van der Waals surface area contributed by atoms with Gasteiger partial charge in [0.15, 0.2) is 0 Å². The second kappa shape index (κ2) is 10.4. The van der Waals surface area contributed by atoms with Crippen molar-refractivity contribution in [1.29, 1.82) is 0 Å². The largest absolute Gasteiger partial charge is 0.371 e. The van der Waals surface area contributed by atoms with Gasteiger partial charge in [0.1, 0.15) is 0 Å². The molecule has 0 saturated carbocycles. The number of aryl methyl sites for hydroxylation is 1. The summed E-state index contributed by atoms with van der Waals surface area (Å²) in [6.45, 7) is 4.67. The summed E-state index contributed by atoms with van der Waals surface area (Å²) < 4.78 is 0. The lowest BCUT2D eigenvalue weighted by Gasteiger charge is -2.33. The van der Waals surface area contributed by atoms with Crippen LogP contribution in [0.5, 0.6) is 0 Å². The van der Waals surface area contributed by atoms with Gasteiger partial charge in [-0.15, -0.1) is 0 Å². The van der Waals surface area contributed by atoms with E-state index in [9.17, 15) is 4.79 Å². The summed E-state index contributed by atoms with van der Waals surface area (Å²) in [6.07, 6.45) is 1.83. The molecule has 0 spiro atoms. The average molecular weight is 437 g/mol. The molecule has 0 atom stereocenters. The number of hydrogen-bond donors (Lipinski definition) is 1. The van der Waals surface area contributed by atoms with Crippen molar-refractivity contribution in [3.63, 3.8) is 0 Å². The van der Waals surface area contributed by atoms with E-state index in [4.69, 9.17) is 23.2 Å². The third-order valence-corrected chi connectivity index (χ3v) is 6.83. The van der Waals surface area contributed by atoms with Crippen LogP contribution in [-0.4, -0.2) is 31.3 Å². The van der Waals surface area contributed by atoms with E-state index in [0.717, 1.165) is 43.0 Å². The number of piperidine rings is 1. The van der Waals surface area contributed by atoms with Crippen molar-refractivity contribution in [2.24, 2.45) is 5.92 Å². The highest BCUT2D eigenvalue weighted by Crippen LogP contribution is 2.25. The summed E-state index contributed by atoms with van der Waals surface area (Å²) >= 11 is 13.8. The fourth-order valence-electron chi connectivity index (χ4n) is 3.37. The van der Waals surface area contributed by atoms with Gasteiger partial charge in [-0.2, -0.15) is 11.8 Å². The van der Waals surface area contributed by atoms with Crippen LogP contribution in [0.15, 0.2) is 42.5 Å². The van der Waals surface area contributed by atoms with E-state index in [1.165, 1.54) is 11.3 Å². The van der Waals surface area contributed by atoms with Crippen molar-refractivity contribution in [3.05, 3.63) is 63.6 Å². The van der Waals surface area contributed by atoms with Crippen molar-refractivity contribution >= 4 is 46.6 Å². The Kier molecular flexibility index (Phi) is 7.95. The Morgan fingerprint density at radius 2 is 1.82 bits per heavy atom. The van der Waals surface area contributed by atoms with Crippen LogP contribution in [0.2, 0.25) is 10.0 Å². The molecule has 1 amide bonds. The molecule has 0 aromatic heterocycles. The highest BCUT2D eigenvalue weighted by Gasteiger charge is 2.24. The number of benzene rings is 2. The molecular formula is C22H26Cl2N2OS. The molecule has 28 heavy (non-hydrogen) atoms. The standard InChI is InChI=1S/C22H26Cl2N2OS/c1-16-2-5-19(6-3-16)26-11-8-18(9-12-26)22(27)25-10-13-28-15-17-4-7-20(23)21(24)14-17/h2-7,14,18H,8-13,15H2,1H3,(H,25,27). The Morgan fingerprint density at radius 3 is 2.50 bits per heavy atom. The third kappa shape index (κ3) is 6.07. The van der Waals surface area contributed by atoms with Crippen LogP contribution >= 0.6 is 35.0 Å². The van der Waals surface area contributed by atoms with Gasteiger partial charge in [0.25, 0.3) is 0 Å². The van der Waals surface area contributed by atoms with E-state index in [1.807, 2.05) is 18.2 Å². The number of thioether (sulfide) groups is 1. The molecule has 2 aromatic carbocycles. The number of hydrogen-bond acceptors (Lipinski definition) is 3. The van der Waals surface area contributed by atoms with E-state index in [0.29, 0.717) is 16.6 Å². The first-order valence-electron chi connectivity index (χ1n) is 9.64. The molecule has 3 rings (SSSR count). The lowest BCUT2D eigenvalue weighted by atomic mass is 9.95. The Bertz CT molecular complexity index is 790. The van der Waals surface area contributed by atoms with Crippen LogP contribution in [0.3, 0.4) is 0 Å². The lowest BCUT2D eigenvalue weighted by Crippen LogP contribution is -2.41. The highest BCUT2D eigenvalue weighted by molar-refractivity contribution is 7.98. The quantitative estimate of drug-likeness (QED) is 0.575. The molecule has 6 heteroatoms. The van der Waals surface area contributed by atoms with Gasteiger partial charge in [0, 0.05) is 42.7 Å². The number of halogens is 2. The van der Waals surface area contributed by atoms with Crippen LogP contribution < -0.4 is 10.2 Å². The molecule has 0 radical (unpaired) electrons. The van der Waals surface area contributed by atoms with E-state index in [-0.39, 0.29) is 11.8 Å². The predicted octanol–water partition coefficient (Wildman–Crippen LogP) is 5.57. The second-order valence-electron chi connectivity index (χ2n) is 7.19. The molecule has 1 N–H and O–H groups in total. The molecular weight excluding hydrogens is 411 g/mol. The Labute approximate surface area is 181 Å². The van der Waals surface area contributed by atoms with E-state index >= 15 is 0 Å². The Balaban J connectivity index is 1.33. The zero-order chi connectivity index (χ0) is 19.9. The molecule has 1 aliphatic rings. The van der Waals surface area contributed by atoms with Gasteiger partial charge in [0.05, 0.1) is 10.0 Å². The number of rotatable bonds is 7. The summed E-state index contributed by atoms with van der Waals surface area (Å²) in [4.78, 5) is 14.8. The van der Waals surface area contributed by atoms with Gasteiger partial charge in [-0.1, -0.05) is 47.0 Å². The van der Waals surface area contributed by atoms with Crippen molar-refractivity contribution in [1.82, 2.24) is 5.32 Å². The molecule has 0 unspecified atom stereocenters. The van der Waals surface area contributed by atoms with Crippen LogP contribution in [0.25, 0.3) is 0 Å². The van der Waals surface area contributed by atoms with Gasteiger partial charge in [-0.25, -0.2) is 0 Å². The van der Waals surface area contributed by atoms with E-state index in [2.05, 4.69) is 41.4 Å². The zero-order valence-corrected chi connectivity index (χ0v) is 18.4. The fraction of sp³-hybridized carbons (Fsp3) is 0.409. The van der Waals surface area contributed by atoms with Crippen LogP contribution in [0.1, 0.15) is 24.0 Å². The maximum absolute atomic E-state index is 12.4. The van der Waals surface area contributed by atoms with Crippen LogP contribution in [-0.2, 0) is 10.5 Å². The minimum atomic E-state index is 0.127. The van der Waals surface area contributed by atoms with E-state index < -0.39 is 0 Å². The predicted molar refractivity (Wildman–Crippen MR) is 122 cm³/mol. The summed E-state index contributed by atoms with van der Waals surface area (Å²) in [5.74, 6) is 2.07. The first kappa shape index (κ1) is 21.4. The van der Waals surface area contributed by atoms with Gasteiger partial charge >= 0.3 is 0 Å². The molecule has 1 saturated heterocycles. The van der Waals surface area contributed by atoms with E-state index in [1.54, 1.807) is 11.8 Å². The van der Waals surface area contributed by atoms with Crippen LogP contribution in [0.4, 0.5) is 5.69 Å². The number of carbonyl (C=O) groups excluding carboxylic acids is 1. The zero-order valence-electron chi connectivity index (χ0n) is 16.1. The first-order valence-corrected chi connectivity index (χ1v) is 11.5. The third-order valence-electron chi connectivity index (χ3n) is 5.06. The van der Waals surface area contributed by atoms with Crippen molar-refractivity contribution < 1.29 is 4.79 Å². The molecule has 2 aromatic rings. The number of carbonyl (C=O) groups is 1. The first-order chi connectivity index (χ1) is 13.5. The lowest BCUT2D eigenvalue weighted by molar-refractivity contribution is -0.125. The summed E-state index contributed by atoms with van der Waals surface area (Å²) in [6, 6.07) is 14.3. The summed E-state index contributed by atoms with van der Waals surface area (Å²) in [7, 11) is 0. The number of nitrogens with one attached hydrogen (secondary N) is 1. The minimum Gasteiger partial charge on any atom is -0.371 e. The fourth-order valence-corrected chi connectivity index (χ4v) is 4.49. The number of nitrogens with zero attached hydrogens (tertiary/aromatic N) is 1. The molecule has 150 valence electrons.